The molecule has 0 bridgehead atoms. The molecule has 23 heavy (non-hydrogen) atoms. The molecule has 0 atom stereocenters. The summed E-state index contributed by atoms with van der Waals surface area (Å²) in [6.07, 6.45) is -4.70. The Labute approximate surface area is 136 Å². The van der Waals surface area contributed by atoms with Crippen LogP contribution < -0.4 is 20.5 Å². The number of nitrogens with one attached hydrogen (secondary N) is 2. The van der Waals surface area contributed by atoms with E-state index in [9.17, 15) is 13.2 Å². The average Bonchev–Trinajstić information content (AvgIpc) is 2.48. The number of thiocarbonyl (C=S) groups is 1. The van der Waals surface area contributed by atoms with Gasteiger partial charge in [-0.15, -0.1) is 13.2 Å². The van der Waals surface area contributed by atoms with Gasteiger partial charge in [-0.3, -0.25) is 10.4 Å². The Morgan fingerprint density at radius 2 is 1.65 bits per heavy atom. The van der Waals surface area contributed by atoms with Gasteiger partial charge in [0.2, 0.25) is 0 Å². The molecule has 2 aromatic rings. The number of nitrogens with zero attached hydrogens (tertiary/aromatic N) is 1. The lowest BCUT2D eigenvalue weighted by atomic mass is 10.3. The molecule has 0 fully saturated rings. The topological polar surface area (TPSA) is 36.5 Å². The van der Waals surface area contributed by atoms with Crippen LogP contribution in [0.15, 0.2) is 54.6 Å². The third-order valence-corrected chi connectivity index (χ3v) is 2.95. The molecule has 0 saturated heterocycles. The molecule has 0 aromatic heterocycles. The summed E-state index contributed by atoms with van der Waals surface area (Å²) in [4.78, 5) is 0. The highest BCUT2D eigenvalue weighted by Gasteiger charge is 2.30. The van der Waals surface area contributed by atoms with E-state index in [1.807, 2.05) is 30.3 Å². The number of ether oxygens (including phenoxy) is 1. The smallest absolute Gasteiger partial charge is 0.406 e. The fourth-order valence-electron chi connectivity index (χ4n) is 1.77. The summed E-state index contributed by atoms with van der Waals surface area (Å²) < 4.78 is 40.0. The number of para-hydroxylation sites is 1. The van der Waals surface area contributed by atoms with Crippen molar-refractivity contribution in [1.82, 2.24) is 5.43 Å². The van der Waals surface area contributed by atoms with Crippen LogP contribution >= 0.6 is 12.2 Å². The first-order valence-electron chi connectivity index (χ1n) is 6.56. The third-order valence-electron chi connectivity index (χ3n) is 2.76. The summed E-state index contributed by atoms with van der Waals surface area (Å²) in [5.41, 5.74) is 4.39. The fraction of sp³-hybridized carbons (Fsp3) is 0.133. The van der Waals surface area contributed by atoms with E-state index in [1.54, 1.807) is 12.1 Å². The van der Waals surface area contributed by atoms with Crippen molar-refractivity contribution >= 4 is 28.7 Å². The van der Waals surface area contributed by atoms with E-state index in [4.69, 9.17) is 12.2 Å². The number of hydrazine groups is 1. The summed E-state index contributed by atoms with van der Waals surface area (Å²) in [7, 11) is 1.80. The standard InChI is InChI=1S/C15H14F3N3OS/c1-21(12-5-3-2-4-6-12)20-14(23)19-11-7-9-13(10-8-11)22-15(16,17)18/h2-10H,1H3,(H2,19,20,23). The maximum absolute atomic E-state index is 12.1. The molecular weight excluding hydrogens is 327 g/mol. The molecule has 2 rings (SSSR count). The lowest BCUT2D eigenvalue weighted by Crippen LogP contribution is -2.41. The van der Waals surface area contributed by atoms with E-state index in [0.29, 0.717) is 10.8 Å². The molecule has 0 saturated carbocycles. The van der Waals surface area contributed by atoms with Crippen LogP contribution in [0.4, 0.5) is 24.5 Å². The van der Waals surface area contributed by atoms with Crippen molar-refractivity contribution in [2.45, 2.75) is 6.36 Å². The number of benzene rings is 2. The van der Waals surface area contributed by atoms with Crippen molar-refractivity contribution in [1.29, 1.82) is 0 Å². The Bertz CT molecular complexity index is 647. The van der Waals surface area contributed by atoms with Crippen LogP contribution in [-0.4, -0.2) is 18.5 Å². The van der Waals surface area contributed by atoms with Crippen LogP contribution in [0, 0.1) is 0 Å². The van der Waals surface area contributed by atoms with Gasteiger partial charge in [-0.05, 0) is 48.6 Å². The number of anilines is 2. The first-order valence-corrected chi connectivity index (χ1v) is 6.96. The van der Waals surface area contributed by atoms with Crippen molar-refractivity contribution in [2.24, 2.45) is 0 Å². The Morgan fingerprint density at radius 3 is 2.22 bits per heavy atom. The van der Waals surface area contributed by atoms with Crippen LogP contribution in [0.2, 0.25) is 0 Å². The molecular formula is C15H14F3N3OS. The van der Waals surface area contributed by atoms with Crippen molar-refractivity contribution in [3.63, 3.8) is 0 Å². The fourth-order valence-corrected chi connectivity index (χ4v) is 2.02. The average molecular weight is 341 g/mol. The Balaban J connectivity index is 1.90. The molecule has 0 aliphatic carbocycles. The number of rotatable bonds is 4. The number of alkyl halides is 3. The largest absolute Gasteiger partial charge is 0.573 e. The molecule has 2 aromatic carbocycles. The van der Waals surface area contributed by atoms with E-state index < -0.39 is 6.36 Å². The van der Waals surface area contributed by atoms with E-state index in [1.165, 1.54) is 24.3 Å². The van der Waals surface area contributed by atoms with E-state index in [2.05, 4.69) is 15.5 Å². The minimum Gasteiger partial charge on any atom is -0.406 e. The number of hydrogen-bond acceptors (Lipinski definition) is 3. The molecule has 4 nitrogen and oxygen atoms in total. The van der Waals surface area contributed by atoms with Crippen LogP contribution in [0.25, 0.3) is 0 Å². The summed E-state index contributed by atoms with van der Waals surface area (Å²) >= 11 is 5.16. The van der Waals surface area contributed by atoms with Crippen LogP contribution in [0.1, 0.15) is 0 Å². The molecule has 0 spiro atoms. The van der Waals surface area contributed by atoms with Gasteiger partial charge in [0.1, 0.15) is 5.75 Å². The first kappa shape index (κ1) is 16.9. The zero-order chi connectivity index (χ0) is 16.9. The normalized spacial score (nSPS) is 10.8. The Kier molecular flexibility index (Phi) is 5.28. The summed E-state index contributed by atoms with van der Waals surface area (Å²) in [6, 6.07) is 14.8. The van der Waals surface area contributed by atoms with Crippen LogP contribution in [0.3, 0.4) is 0 Å². The van der Waals surface area contributed by atoms with Gasteiger partial charge < -0.3 is 10.1 Å². The summed E-state index contributed by atoms with van der Waals surface area (Å²) in [6.45, 7) is 0. The van der Waals surface area contributed by atoms with Crippen molar-refractivity contribution in [3.05, 3.63) is 54.6 Å². The quantitative estimate of drug-likeness (QED) is 0.651. The molecule has 0 amide bonds. The van der Waals surface area contributed by atoms with E-state index >= 15 is 0 Å². The molecule has 122 valence electrons. The predicted octanol–water partition coefficient (Wildman–Crippen LogP) is 3.92. The van der Waals surface area contributed by atoms with Crippen molar-refractivity contribution in [3.8, 4) is 5.75 Å². The maximum atomic E-state index is 12.1. The third kappa shape index (κ3) is 5.67. The van der Waals surface area contributed by atoms with Gasteiger partial charge in [0.05, 0.1) is 5.69 Å². The maximum Gasteiger partial charge on any atom is 0.573 e. The highest BCUT2D eigenvalue weighted by atomic mass is 32.1. The SMILES string of the molecule is CN(NC(=S)Nc1ccc(OC(F)(F)F)cc1)c1ccccc1. The second kappa shape index (κ2) is 7.19. The second-order valence-corrected chi connectivity index (χ2v) is 4.94. The number of hydrogen-bond donors (Lipinski definition) is 2. The highest BCUT2D eigenvalue weighted by Crippen LogP contribution is 2.23. The van der Waals surface area contributed by atoms with Crippen molar-refractivity contribution in [2.75, 3.05) is 17.4 Å². The van der Waals surface area contributed by atoms with Gasteiger partial charge in [-0.2, -0.15) is 0 Å². The van der Waals surface area contributed by atoms with Gasteiger partial charge in [-0.25, -0.2) is 0 Å². The Morgan fingerprint density at radius 1 is 1.04 bits per heavy atom. The van der Waals surface area contributed by atoms with Gasteiger partial charge >= 0.3 is 6.36 Å². The van der Waals surface area contributed by atoms with E-state index in [-0.39, 0.29) is 5.75 Å². The van der Waals surface area contributed by atoms with Crippen LogP contribution in [-0.2, 0) is 0 Å². The van der Waals surface area contributed by atoms with Crippen molar-refractivity contribution < 1.29 is 17.9 Å². The summed E-state index contributed by atoms with van der Waals surface area (Å²) in [5.74, 6) is -0.289. The Hall–Kier alpha value is -2.48. The van der Waals surface area contributed by atoms with Crippen LogP contribution in [0.5, 0.6) is 5.75 Å². The van der Waals surface area contributed by atoms with E-state index in [0.717, 1.165) is 5.69 Å². The molecule has 0 aliphatic rings. The number of halogens is 3. The highest BCUT2D eigenvalue weighted by molar-refractivity contribution is 7.80. The second-order valence-electron chi connectivity index (χ2n) is 4.53. The molecule has 0 aliphatic heterocycles. The zero-order valence-corrected chi connectivity index (χ0v) is 12.9. The predicted molar refractivity (Wildman–Crippen MR) is 87.3 cm³/mol. The molecule has 0 radical (unpaired) electrons. The lowest BCUT2D eigenvalue weighted by Gasteiger charge is -2.22. The monoisotopic (exact) mass is 341 g/mol. The summed E-state index contributed by atoms with van der Waals surface area (Å²) in [5, 5.41) is 4.90. The minimum atomic E-state index is -4.70. The molecule has 0 unspecified atom stereocenters. The molecule has 0 heterocycles. The van der Waals surface area contributed by atoms with Gasteiger partial charge in [0.15, 0.2) is 5.11 Å². The van der Waals surface area contributed by atoms with Gasteiger partial charge in [0, 0.05) is 12.7 Å². The first-order chi connectivity index (χ1) is 10.8. The molecule has 8 heteroatoms. The van der Waals surface area contributed by atoms with Gasteiger partial charge in [0.25, 0.3) is 0 Å². The molecule has 2 N–H and O–H groups in total. The minimum absolute atomic E-state index is 0.289. The lowest BCUT2D eigenvalue weighted by molar-refractivity contribution is -0.274. The zero-order valence-electron chi connectivity index (χ0n) is 12.1. The van der Waals surface area contributed by atoms with Gasteiger partial charge in [-0.1, -0.05) is 18.2 Å².